The van der Waals surface area contributed by atoms with Gasteiger partial charge in [0.25, 0.3) is 5.91 Å². The number of anilines is 1. The zero-order chi connectivity index (χ0) is 16.4. The SMILES string of the molecule is CCN(CC)C(=O)c1ccc(NC(=O)C2[C@H]3CCCC[C@@H]23)cc1. The quantitative estimate of drug-likeness (QED) is 0.903. The summed E-state index contributed by atoms with van der Waals surface area (Å²) in [4.78, 5) is 26.4. The van der Waals surface area contributed by atoms with E-state index in [-0.39, 0.29) is 17.7 Å². The molecule has 0 saturated heterocycles. The standard InChI is InChI=1S/C19H26N2O2/c1-3-21(4-2)19(23)13-9-11-14(12-10-13)20-18(22)17-15-7-5-6-8-16(15)17/h9-12,15-17H,3-8H2,1-2H3,(H,20,22)/t15-,16+,17?. The van der Waals surface area contributed by atoms with E-state index in [1.807, 2.05) is 26.0 Å². The lowest BCUT2D eigenvalue weighted by molar-refractivity contribution is -0.117. The van der Waals surface area contributed by atoms with Crippen LogP contribution in [0.2, 0.25) is 0 Å². The molecule has 1 aromatic rings. The lowest BCUT2D eigenvalue weighted by Crippen LogP contribution is -2.30. The predicted molar refractivity (Wildman–Crippen MR) is 91.3 cm³/mol. The Kier molecular flexibility index (Phi) is 4.69. The van der Waals surface area contributed by atoms with Gasteiger partial charge in [-0.15, -0.1) is 0 Å². The molecule has 4 heteroatoms. The molecular weight excluding hydrogens is 288 g/mol. The van der Waals surface area contributed by atoms with Crippen molar-refractivity contribution in [1.29, 1.82) is 0 Å². The number of carbonyl (C=O) groups is 2. The molecule has 2 saturated carbocycles. The molecule has 0 aromatic heterocycles. The smallest absolute Gasteiger partial charge is 0.253 e. The van der Waals surface area contributed by atoms with Gasteiger partial charge in [0, 0.05) is 30.3 Å². The number of fused-ring (bicyclic) bond motifs is 1. The number of hydrogen-bond donors (Lipinski definition) is 1. The van der Waals surface area contributed by atoms with Gasteiger partial charge in [-0.2, -0.15) is 0 Å². The number of carbonyl (C=O) groups excluding carboxylic acids is 2. The summed E-state index contributed by atoms with van der Waals surface area (Å²) in [7, 11) is 0. The summed E-state index contributed by atoms with van der Waals surface area (Å²) in [5, 5.41) is 3.02. The van der Waals surface area contributed by atoms with Crippen molar-refractivity contribution in [1.82, 2.24) is 4.90 Å². The summed E-state index contributed by atoms with van der Waals surface area (Å²) in [6, 6.07) is 7.27. The summed E-state index contributed by atoms with van der Waals surface area (Å²) < 4.78 is 0. The van der Waals surface area contributed by atoms with Crippen molar-refractivity contribution >= 4 is 17.5 Å². The zero-order valence-corrected chi connectivity index (χ0v) is 14.0. The predicted octanol–water partition coefficient (Wildman–Crippen LogP) is 3.54. The number of amides is 2. The summed E-state index contributed by atoms with van der Waals surface area (Å²) in [6.07, 6.45) is 4.96. The third-order valence-electron chi connectivity index (χ3n) is 5.41. The van der Waals surface area contributed by atoms with Gasteiger partial charge in [0.15, 0.2) is 0 Å². The average Bonchev–Trinajstić information content (AvgIpc) is 3.31. The van der Waals surface area contributed by atoms with Gasteiger partial charge in [-0.1, -0.05) is 12.8 Å². The first-order valence-electron chi connectivity index (χ1n) is 8.86. The molecular formula is C19H26N2O2. The molecule has 1 unspecified atom stereocenters. The van der Waals surface area contributed by atoms with Crippen molar-refractivity contribution in [2.24, 2.45) is 17.8 Å². The molecule has 23 heavy (non-hydrogen) atoms. The Bertz CT molecular complexity index is 566. The van der Waals surface area contributed by atoms with Crippen LogP contribution >= 0.6 is 0 Å². The van der Waals surface area contributed by atoms with Gasteiger partial charge < -0.3 is 10.2 Å². The Morgan fingerprint density at radius 3 is 2.13 bits per heavy atom. The molecule has 2 aliphatic carbocycles. The van der Waals surface area contributed by atoms with Crippen molar-refractivity contribution in [3.63, 3.8) is 0 Å². The van der Waals surface area contributed by atoms with Crippen molar-refractivity contribution in [3.05, 3.63) is 29.8 Å². The van der Waals surface area contributed by atoms with E-state index in [0.717, 1.165) is 5.69 Å². The molecule has 1 aromatic carbocycles. The van der Waals surface area contributed by atoms with Crippen LogP contribution in [0.4, 0.5) is 5.69 Å². The third kappa shape index (κ3) is 3.26. The largest absolute Gasteiger partial charge is 0.339 e. The topological polar surface area (TPSA) is 49.4 Å². The minimum atomic E-state index is 0.0427. The summed E-state index contributed by atoms with van der Waals surface area (Å²) in [5.74, 6) is 1.65. The van der Waals surface area contributed by atoms with Gasteiger partial charge in [-0.3, -0.25) is 9.59 Å². The highest BCUT2D eigenvalue weighted by molar-refractivity contribution is 5.97. The van der Waals surface area contributed by atoms with Crippen molar-refractivity contribution < 1.29 is 9.59 Å². The number of nitrogens with one attached hydrogen (secondary N) is 1. The molecule has 0 spiro atoms. The van der Waals surface area contributed by atoms with Gasteiger partial charge in [0.05, 0.1) is 0 Å². The number of hydrogen-bond acceptors (Lipinski definition) is 2. The summed E-state index contributed by atoms with van der Waals surface area (Å²) in [6.45, 7) is 5.37. The number of nitrogens with zero attached hydrogens (tertiary/aromatic N) is 1. The van der Waals surface area contributed by atoms with Crippen molar-refractivity contribution in [2.75, 3.05) is 18.4 Å². The molecule has 4 nitrogen and oxygen atoms in total. The van der Waals surface area contributed by atoms with Crippen LogP contribution in [-0.2, 0) is 4.79 Å². The maximum Gasteiger partial charge on any atom is 0.253 e. The van der Waals surface area contributed by atoms with Gasteiger partial charge >= 0.3 is 0 Å². The molecule has 3 atom stereocenters. The Hall–Kier alpha value is -1.84. The lowest BCUT2D eigenvalue weighted by atomic mass is 10.0. The molecule has 124 valence electrons. The van der Waals surface area contributed by atoms with Crippen molar-refractivity contribution in [2.45, 2.75) is 39.5 Å². The van der Waals surface area contributed by atoms with E-state index in [1.165, 1.54) is 25.7 Å². The summed E-state index contributed by atoms with van der Waals surface area (Å²) in [5.41, 5.74) is 1.46. The molecule has 2 fully saturated rings. The maximum absolute atomic E-state index is 12.4. The monoisotopic (exact) mass is 314 g/mol. The molecule has 0 bridgehead atoms. The second-order valence-corrected chi connectivity index (χ2v) is 6.68. The molecule has 0 aliphatic heterocycles. The van der Waals surface area contributed by atoms with Gasteiger partial charge in [0.1, 0.15) is 0 Å². The number of rotatable bonds is 5. The van der Waals surface area contributed by atoms with Crippen LogP contribution in [0.15, 0.2) is 24.3 Å². The zero-order valence-electron chi connectivity index (χ0n) is 14.0. The molecule has 2 amide bonds. The third-order valence-corrected chi connectivity index (χ3v) is 5.41. The second-order valence-electron chi connectivity index (χ2n) is 6.68. The fourth-order valence-corrected chi connectivity index (χ4v) is 4.00. The molecule has 1 N–H and O–H groups in total. The fourth-order valence-electron chi connectivity index (χ4n) is 4.00. The Morgan fingerprint density at radius 1 is 1.04 bits per heavy atom. The highest BCUT2D eigenvalue weighted by Crippen LogP contribution is 2.55. The molecule has 2 aliphatic rings. The van der Waals surface area contributed by atoms with E-state index in [2.05, 4.69) is 5.32 Å². The van der Waals surface area contributed by atoms with Crippen LogP contribution in [0.1, 0.15) is 49.9 Å². The minimum Gasteiger partial charge on any atom is -0.339 e. The molecule has 3 rings (SSSR count). The van der Waals surface area contributed by atoms with Crippen molar-refractivity contribution in [3.8, 4) is 0 Å². The minimum absolute atomic E-state index is 0.0427. The number of benzene rings is 1. The average molecular weight is 314 g/mol. The Balaban J connectivity index is 1.59. The van der Waals surface area contributed by atoms with E-state index in [1.54, 1.807) is 17.0 Å². The fraction of sp³-hybridized carbons (Fsp3) is 0.579. The van der Waals surface area contributed by atoms with E-state index >= 15 is 0 Å². The van der Waals surface area contributed by atoms with Crippen LogP contribution in [0.25, 0.3) is 0 Å². The second kappa shape index (κ2) is 6.73. The summed E-state index contributed by atoms with van der Waals surface area (Å²) >= 11 is 0. The van der Waals surface area contributed by atoms with Gasteiger partial charge in [0.2, 0.25) is 5.91 Å². The molecule has 0 radical (unpaired) electrons. The van der Waals surface area contributed by atoms with Crippen LogP contribution in [0.3, 0.4) is 0 Å². The van der Waals surface area contributed by atoms with E-state index < -0.39 is 0 Å². The van der Waals surface area contributed by atoms with Crippen LogP contribution < -0.4 is 5.32 Å². The van der Waals surface area contributed by atoms with E-state index in [9.17, 15) is 9.59 Å². The molecule has 0 heterocycles. The van der Waals surface area contributed by atoms with Crippen LogP contribution in [-0.4, -0.2) is 29.8 Å². The van der Waals surface area contributed by atoms with E-state index in [0.29, 0.717) is 30.5 Å². The Morgan fingerprint density at radius 2 is 1.61 bits per heavy atom. The van der Waals surface area contributed by atoms with Crippen LogP contribution in [0, 0.1) is 17.8 Å². The first-order chi connectivity index (χ1) is 11.2. The first-order valence-corrected chi connectivity index (χ1v) is 8.86. The van der Waals surface area contributed by atoms with E-state index in [4.69, 9.17) is 0 Å². The van der Waals surface area contributed by atoms with Crippen LogP contribution in [0.5, 0.6) is 0 Å². The highest BCUT2D eigenvalue weighted by Gasteiger charge is 2.54. The van der Waals surface area contributed by atoms with Gasteiger partial charge in [-0.05, 0) is 62.8 Å². The highest BCUT2D eigenvalue weighted by atomic mass is 16.2. The maximum atomic E-state index is 12.4. The van der Waals surface area contributed by atoms with Gasteiger partial charge in [-0.25, -0.2) is 0 Å². The lowest BCUT2D eigenvalue weighted by Gasteiger charge is -2.18. The normalized spacial score (nSPS) is 25.4. The Labute approximate surface area is 138 Å². The first kappa shape index (κ1) is 16.0.